The first-order chi connectivity index (χ1) is 11.5. The van der Waals surface area contributed by atoms with Crippen LogP contribution in [0.2, 0.25) is 0 Å². The number of nitrogens with one attached hydrogen (secondary N) is 1. The van der Waals surface area contributed by atoms with Crippen LogP contribution in [-0.4, -0.2) is 77.5 Å². The summed E-state index contributed by atoms with van der Waals surface area (Å²) in [4.78, 5) is 37.2. The van der Waals surface area contributed by atoms with Crippen LogP contribution in [0.1, 0.15) is 5.82 Å². The fourth-order valence-electron chi connectivity index (χ4n) is 2.96. The van der Waals surface area contributed by atoms with Crippen molar-refractivity contribution in [3.63, 3.8) is 0 Å². The van der Waals surface area contributed by atoms with E-state index in [-0.39, 0.29) is 11.6 Å². The number of piperazine rings is 1. The lowest BCUT2D eigenvalue weighted by Crippen LogP contribution is -2.51. The maximum Gasteiger partial charge on any atom is 0.319 e. The number of amides is 2. The summed E-state index contributed by atoms with van der Waals surface area (Å²) in [5.41, 5.74) is 0.648. The number of aromatic amines is 1. The molecule has 0 aliphatic carbocycles. The van der Waals surface area contributed by atoms with Crippen molar-refractivity contribution < 1.29 is 4.79 Å². The molecule has 2 aromatic rings. The zero-order chi connectivity index (χ0) is 17.1. The largest absolute Gasteiger partial charge is 0.331 e. The van der Waals surface area contributed by atoms with Gasteiger partial charge in [0.15, 0.2) is 0 Å². The zero-order valence-electron chi connectivity index (χ0n) is 14.2. The topological polar surface area (TPSA) is 72.5 Å². The number of benzene rings is 1. The van der Waals surface area contributed by atoms with Gasteiger partial charge in [-0.2, -0.15) is 0 Å². The Balaban J connectivity index is 1.57. The standard InChI is InChI=1S/C17H23N5O2/c1-20(2)17(24)22-11-9-21(10-12-22)8-7-15-18-14-6-4-3-5-13(14)16(23)19-15/h3-6H,7-12H2,1-2H3,(H,18,19,23). The van der Waals surface area contributed by atoms with E-state index in [2.05, 4.69) is 14.9 Å². The lowest BCUT2D eigenvalue weighted by molar-refractivity contribution is 0.123. The number of carbonyl (C=O) groups is 1. The van der Waals surface area contributed by atoms with Gasteiger partial charge >= 0.3 is 6.03 Å². The first-order valence-electron chi connectivity index (χ1n) is 8.21. The first-order valence-corrected chi connectivity index (χ1v) is 8.21. The van der Waals surface area contributed by atoms with Crippen LogP contribution < -0.4 is 5.56 Å². The summed E-state index contributed by atoms with van der Waals surface area (Å²) in [7, 11) is 3.55. The van der Waals surface area contributed by atoms with Crippen LogP contribution in [0.3, 0.4) is 0 Å². The van der Waals surface area contributed by atoms with Gasteiger partial charge in [-0.1, -0.05) is 12.1 Å². The summed E-state index contributed by atoms with van der Waals surface area (Å²) < 4.78 is 0. The second kappa shape index (κ2) is 7.00. The van der Waals surface area contributed by atoms with Gasteiger partial charge in [0.25, 0.3) is 5.56 Å². The summed E-state index contributed by atoms with van der Waals surface area (Å²) in [5, 5.41) is 0.622. The van der Waals surface area contributed by atoms with Gasteiger partial charge in [-0.05, 0) is 12.1 Å². The van der Waals surface area contributed by atoms with Crippen LogP contribution in [0.15, 0.2) is 29.1 Å². The van der Waals surface area contributed by atoms with Crippen LogP contribution in [-0.2, 0) is 6.42 Å². The van der Waals surface area contributed by atoms with Gasteiger partial charge in [-0.25, -0.2) is 9.78 Å². The second-order valence-corrected chi connectivity index (χ2v) is 6.29. The highest BCUT2D eigenvalue weighted by molar-refractivity contribution is 5.77. The highest BCUT2D eigenvalue weighted by Crippen LogP contribution is 2.08. The number of para-hydroxylation sites is 1. The normalized spacial score (nSPS) is 15.7. The molecule has 7 heteroatoms. The summed E-state index contributed by atoms with van der Waals surface area (Å²) in [5.74, 6) is 0.713. The average molecular weight is 329 g/mol. The van der Waals surface area contributed by atoms with Crippen molar-refractivity contribution >= 4 is 16.9 Å². The van der Waals surface area contributed by atoms with E-state index in [9.17, 15) is 9.59 Å². The van der Waals surface area contributed by atoms with Crippen molar-refractivity contribution in [1.82, 2.24) is 24.7 Å². The number of nitrogens with zero attached hydrogens (tertiary/aromatic N) is 4. The van der Waals surface area contributed by atoms with Crippen molar-refractivity contribution in [1.29, 1.82) is 0 Å². The van der Waals surface area contributed by atoms with Gasteiger partial charge in [0.2, 0.25) is 0 Å². The van der Waals surface area contributed by atoms with Crippen LogP contribution in [0.25, 0.3) is 10.9 Å². The monoisotopic (exact) mass is 329 g/mol. The Hall–Kier alpha value is -2.41. The van der Waals surface area contributed by atoms with Gasteiger partial charge in [0.1, 0.15) is 5.82 Å². The zero-order valence-corrected chi connectivity index (χ0v) is 14.2. The summed E-state index contributed by atoms with van der Waals surface area (Å²) >= 11 is 0. The third-order valence-corrected chi connectivity index (χ3v) is 4.35. The predicted molar refractivity (Wildman–Crippen MR) is 93.2 cm³/mol. The van der Waals surface area contributed by atoms with Crippen molar-refractivity contribution in [3.05, 3.63) is 40.4 Å². The molecule has 128 valence electrons. The maximum absolute atomic E-state index is 12.1. The van der Waals surface area contributed by atoms with Crippen LogP contribution in [0.4, 0.5) is 4.79 Å². The number of H-pyrrole nitrogens is 1. The lowest BCUT2D eigenvalue weighted by atomic mass is 10.2. The van der Waals surface area contributed by atoms with E-state index in [1.165, 1.54) is 0 Å². The van der Waals surface area contributed by atoms with E-state index >= 15 is 0 Å². The Labute approximate surface area is 140 Å². The summed E-state index contributed by atoms with van der Waals surface area (Å²) in [6.45, 7) is 3.98. The molecule has 3 rings (SSSR count). The molecule has 0 saturated carbocycles. The Morgan fingerprint density at radius 2 is 1.92 bits per heavy atom. The number of fused-ring (bicyclic) bond motifs is 1. The van der Waals surface area contributed by atoms with Crippen LogP contribution in [0.5, 0.6) is 0 Å². The average Bonchev–Trinajstić information content (AvgIpc) is 2.60. The molecule has 1 aliphatic heterocycles. The van der Waals surface area contributed by atoms with E-state index in [0.29, 0.717) is 17.6 Å². The smallest absolute Gasteiger partial charge is 0.319 e. The molecule has 1 saturated heterocycles. The minimum Gasteiger partial charge on any atom is -0.331 e. The molecule has 1 N–H and O–H groups in total. The third kappa shape index (κ3) is 3.56. The van der Waals surface area contributed by atoms with Crippen molar-refractivity contribution in [2.24, 2.45) is 0 Å². The fourth-order valence-corrected chi connectivity index (χ4v) is 2.96. The quantitative estimate of drug-likeness (QED) is 0.902. The molecule has 7 nitrogen and oxygen atoms in total. The Bertz CT molecular complexity index is 778. The van der Waals surface area contributed by atoms with E-state index in [4.69, 9.17) is 0 Å². The fraction of sp³-hybridized carbons (Fsp3) is 0.471. The molecule has 2 heterocycles. The van der Waals surface area contributed by atoms with Gasteiger partial charge in [0, 0.05) is 53.2 Å². The highest BCUT2D eigenvalue weighted by Gasteiger charge is 2.21. The number of aromatic nitrogens is 2. The number of urea groups is 1. The molecule has 0 spiro atoms. The summed E-state index contributed by atoms with van der Waals surface area (Å²) in [6.07, 6.45) is 0.696. The molecule has 2 amide bonds. The number of hydrogen-bond acceptors (Lipinski definition) is 4. The van der Waals surface area contributed by atoms with Crippen molar-refractivity contribution in [2.45, 2.75) is 6.42 Å². The van der Waals surface area contributed by atoms with Crippen molar-refractivity contribution in [2.75, 3.05) is 46.8 Å². The molecular formula is C17H23N5O2. The van der Waals surface area contributed by atoms with E-state index in [0.717, 1.165) is 38.2 Å². The lowest BCUT2D eigenvalue weighted by Gasteiger charge is -2.35. The van der Waals surface area contributed by atoms with Gasteiger partial charge in [-0.3, -0.25) is 9.69 Å². The molecule has 1 aromatic carbocycles. The molecule has 1 fully saturated rings. The van der Waals surface area contributed by atoms with Crippen LogP contribution in [0, 0.1) is 0 Å². The Kier molecular flexibility index (Phi) is 4.80. The van der Waals surface area contributed by atoms with Gasteiger partial charge in [0.05, 0.1) is 10.9 Å². The first kappa shape index (κ1) is 16.4. The van der Waals surface area contributed by atoms with Gasteiger partial charge < -0.3 is 14.8 Å². The molecule has 0 atom stereocenters. The SMILES string of the molecule is CN(C)C(=O)N1CCN(CCc2nc3ccccc3c(=O)[nH]2)CC1. The Morgan fingerprint density at radius 1 is 1.21 bits per heavy atom. The molecule has 24 heavy (non-hydrogen) atoms. The van der Waals surface area contributed by atoms with Crippen molar-refractivity contribution in [3.8, 4) is 0 Å². The minimum absolute atomic E-state index is 0.0650. The maximum atomic E-state index is 12.1. The van der Waals surface area contributed by atoms with E-state index in [1.54, 1.807) is 25.1 Å². The predicted octanol–water partition coefficient (Wildman–Crippen LogP) is 0.765. The molecule has 0 radical (unpaired) electrons. The summed E-state index contributed by atoms with van der Waals surface area (Å²) in [6, 6.07) is 7.44. The number of carbonyl (C=O) groups excluding carboxylic acids is 1. The minimum atomic E-state index is -0.0861. The second-order valence-electron chi connectivity index (χ2n) is 6.29. The molecule has 0 bridgehead atoms. The number of hydrogen-bond donors (Lipinski definition) is 1. The Morgan fingerprint density at radius 3 is 2.62 bits per heavy atom. The molecule has 0 unspecified atom stereocenters. The number of rotatable bonds is 3. The molecular weight excluding hydrogens is 306 g/mol. The highest BCUT2D eigenvalue weighted by atomic mass is 16.2. The van der Waals surface area contributed by atoms with E-state index in [1.807, 2.05) is 23.1 Å². The molecule has 1 aliphatic rings. The van der Waals surface area contributed by atoms with Crippen LogP contribution >= 0.6 is 0 Å². The molecule has 1 aromatic heterocycles. The third-order valence-electron chi connectivity index (χ3n) is 4.35. The van der Waals surface area contributed by atoms with Gasteiger partial charge in [-0.15, -0.1) is 0 Å². The van der Waals surface area contributed by atoms with E-state index < -0.39 is 0 Å².